The van der Waals surface area contributed by atoms with Crippen LogP contribution in [0, 0.1) is 0 Å². The molecule has 1 aromatic rings. The van der Waals surface area contributed by atoms with Gasteiger partial charge in [-0.15, -0.1) is 0 Å². The third-order valence-corrected chi connectivity index (χ3v) is 2.58. The molecule has 0 saturated heterocycles. The molecule has 0 radical (unpaired) electrons. The Balaban J connectivity index is 2.40. The van der Waals surface area contributed by atoms with Crippen molar-refractivity contribution in [1.29, 1.82) is 0 Å². The molecule has 0 heterocycles. The topological polar surface area (TPSA) is 12.5 Å². The molecule has 2 nitrogen and oxygen atoms in total. The molecule has 0 unspecified atom stereocenters. The van der Waals surface area contributed by atoms with Gasteiger partial charge in [-0.1, -0.05) is 0 Å². The summed E-state index contributed by atoms with van der Waals surface area (Å²) in [5, 5.41) is 0. The van der Waals surface area contributed by atoms with E-state index in [0.29, 0.717) is 6.61 Å². The van der Waals surface area contributed by atoms with Gasteiger partial charge in [0.15, 0.2) is 0 Å². The van der Waals surface area contributed by atoms with E-state index in [4.69, 9.17) is 4.74 Å². The van der Waals surface area contributed by atoms with E-state index in [2.05, 4.69) is 15.6 Å². The van der Waals surface area contributed by atoms with Crippen LogP contribution in [0.1, 0.15) is 5.56 Å². The summed E-state index contributed by atoms with van der Waals surface area (Å²) in [6, 6.07) is 10.1. The summed E-state index contributed by atoms with van der Waals surface area (Å²) in [6.07, 6.45) is 0. The van der Waals surface area contributed by atoms with Crippen molar-refractivity contribution in [3.63, 3.8) is 0 Å². The van der Waals surface area contributed by atoms with E-state index in [1.165, 1.54) is 5.56 Å². The molecule has 0 spiro atoms. The molecule has 0 atom stereocenters. The molecule has 0 aliphatic heterocycles. The Morgan fingerprint density at radius 3 is 2.46 bits per heavy atom. The first kappa shape index (κ1) is 10.3. The number of hydrogen-bond acceptors (Lipinski definition) is 2. The third-order valence-electron chi connectivity index (χ3n) is 1.57. The molecule has 0 aliphatic rings. The molecular formula is C10H13NOSe. The second-order valence-electron chi connectivity index (χ2n) is 2.93. The zero-order chi connectivity index (χ0) is 9.68. The summed E-state index contributed by atoms with van der Waals surface area (Å²) < 4.78 is 6.29. The van der Waals surface area contributed by atoms with Crippen LogP contribution in [0.25, 0.3) is 0 Å². The van der Waals surface area contributed by atoms with Gasteiger partial charge in [0.25, 0.3) is 0 Å². The molecule has 0 N–H and O–H groups in total. The fourth-order valence-electron chi connectivity index (χ4n) is 0.848. The van der Waals surface area contributed by atoms with Gasteiger partial charge in [0.2, 0.25) is 0 Å². The summed E-state index contributed by atoms with van der Waals surface area (Å²) in [4.78, 5) is 1.91. The Kier molecular flexibility index (Phi) is 4.00. The average Bonchev–Trinajstić information content (AvgIpc) is 2.15. The van der Waals surface area contributed by atoms with E-state index in [1.807, 2.05) is 49.3 Å². The van der Waals surface area contributed by atoms with E-state index < -0.39 is 0 Å². The molecule has 0 aromatic heterocycles. The first-order chi connectivity index (χ1) is 6.20. The van der Waals surface area contributed by atoms with Gasteiger partial charge >= 0.3 is 86.5 Å². The number of hydrogen-bond donors (Lipinski definition) is 0. The minimum atomic E-state index is 0.612. The minimum absolute atomic E-state index is 0.612. The fourth-order valence-corrected chi connectivity index (χ4v) is 0.972. The van der Waals surface area contributed by atoms with Crippen molar-refractivity contribution >= 4 is 20.3 Å². The van der Waals surface area contributed by atoms with Crippen LogP contribution in [0.15, 0.2) is 30.3 Å². The van der Waals surface area contributed by atoms with Crippen molar-refractivity contribution in [2.75, 3.05) is 14.1 Å². The van der Waals surface area contributed by atoms with E-state index >= 15 is 0 Å². The van der Waals surface area contributed by atoms with Crippen LogP contribution < -0.4 is 0 Å². The quantitative estimate of drug-likeness (QED) is 0.731. The van der Waals surface area contributed by atoms with Gasteiger partial charge in [-0.25, -0.2) is 0 Å². The van der Waals surface area contributed by atoms with Crippen LogP contribution in [0.2, 0.25) is 0 Å². The van der Waals surface area contributed by atoms with E-state index in [1.54, 1.807) is 0 Å². The summed E-state index contributed by atoms with van der Waals surface area (Å²) >= 11 is 2.87. The first-order valence-corrected chi connectivity index (χ1v) is 4.94. The Morgan fingerprint density at radius 2 is 1.92 bits per heavy atom. The predicted molar refractivity (Wildman–Crippen MR) is 55.7 cm³/mol. The van der Waals surface area contributed by atoms with Gasteiger partial charge < -0.3 is 0 Å². The van der Waals surface area contributed by atoms with Crippen molar-refractivity contribution in [2.45, 2.75) is 6.61 Å². The van der Waals surface area contributed by atoms with Crippen LogP contribution in [-0.2, 0) is 11.3 Å². The summed E-state index contributed by atoms with van der Waals surface area (Å²) in [5.74, 6) is 0. The normalized spacial score (nSPS) is 9.38. The average molecular weight is 242 g/mol. The molecule has 0 aliphatic carbocycles. The van der Waals surface area contributed by atoms with Gasteiger partial charge in [-0.2, -0.15) is 0 Å². The molecule has 0 fully saturated rings. The van der Waals surface area contributed by atoms with Gasteiger partial charge in [0.1, 0.15) is 0 Å². The van der Waals surface area contributed by atoms with Crippen molar-refractivity contribution < 1.29 is 4.74 Å². The van der Waals surface area contributed by atoms with E-state index in [-0.39, 0.29) is 0 Å². The predicted octanol–water partition coefficient (Wildman–Crippen LogP) is 1.02. The van der Waals surface area contributed by atoms with Gasteiger partial charge in [0.05, 0.1) is 0 Å². The van der Waals surface area contributed by atoms with Gasteiger partial charge in [0, 0.05) is 0 Å². The van der Waals surface area contributed by atoms with Crippen LogP contribution >= 0.6 is 0 Å². The van der Waals surface area contributed by atoms with Crippen molar-refractivity contribution in [2.24, 2.45) is 0 Å². The fraction of sp³-hybridized carbons (Fsp3) is 0.300. The van der Waals surface area contributed by atoms with Crippen LogP contribution in [-0.4, -0.2) is 39.3 Å². The van der Waals surface area contributed by atoms with Crippen molar-refractivity contribution in [1.82, 2.24) is 4.90 Å². The molecule has 1 aromatic carbocycles. The molecule has 70 valence electrons. The van der Waals surface area contributed by atoms with E-state index in [9.17, 15) is 0 Å². The molecule has 0 bridgehead atoms. The number of nitrogens with zero attached hydrogens (tertiary/aromatic N) is 1. The molecular weight excluding hydrogens is 229 g/mol. The van der Waals surface area contributed by atoms with Crippen molar-refractivity contribution in [3.8, 4) is 0 Å². The number of rotatable bonds is 4. The Morgan fingerprint density at radius 1 is 1.31 bits per heavy atom. The summed E-state index contributed by atoms with van der Waals surface area (Å²) in [6.45, 7) is 0.612. The zero-order valence-electron chi connectivity index (χ0n) is 7.86. The Hall–Kier alpha value is -0.791. The SMILES string of the molecule is CN(C)C(=[Se])OCc1ccccc1. The first-order valence-electron chi connectivity index (χ1n) is 4.08. The number of ether oxygens (including phenoxy) is 1. The second kappa shape index (κ2) is 5.05. The maximum atomic E-state index is 5.48. The second-order valence-corrected chi connectivity index (χ2v) is 3.67. The zero-order valence-corrected chi connectivity index (χ0v) is 9.57. The molecule has 0 amide bonds. The monoisotopic (exact) mass is 243 g/mol. The van der Waals surface area contributed by atoms with Crippen molar-refractivity contribution in [3.05, 3.63) is 35.9 Å². The van der Waals surface area contributed by atoms with Crippen LogP contribution in [0.4, 0.5) is 0 Å². The maximum absolute atomic E-state index is 5.48. The molecule has 3 heteroatoms. The molecule has 1 rings (SSSR count). The Labute approximate surface area is 86.9 Å². The van der Waals surface area contributed by atoms with E-state index in [0.717, 1.165) is 4.73 Å². The summed E-state index contributed by atoms with van der Waals surface area (Å²) in [5.41, 5.74) is 1.18. The Bertz CT molecular complexity index is 272. The standard InChI is InChI=1S/C10H13NOSe/c1-11(2)10(13)12-8-9-6-4-3-5-7-9/h3-7H,8H2,1-2H3. The number of benzene rings is 1. The van der Waals surface area contributed by atoms with Gasteiger partial charge in [-0.3, -0.25) is 0 Å². The van der Waals surface area contributed by atoms with Gasteiger partial charge in [-0.05, 0) is 0 Å². The van der Waals surface area contributed by atoms with Crippen LogP contribution in [0.3, 0.4) is 0 Å². The van der Waals surface area contributed by atoms with Crippen LogP contribution in [0.5, 0.6) is 0 Å². The molecule has 0 saturated carbocycles. The molecule has 13 heavy (non-hydrogen) atoms. The summed E-state index contributed by atoms with van der Waals surface area (Å²) in [7, 11) is 3.88. The third kappa shape index (κ3) is 3.62.